The van der Waals surface area contributed by atoms with E-state index in [9.17, 15) is 9.59 Å². The van der Waals surface area contributed by atoms with Gasteiger partial charge in [0.05, 0.1) is 11.1 Å². The number of esters is 1. The van der Waals surface area contributed by atoms with E-state index in [4.69, 9.17) is 9.47 Å². The molecule has 0 spiro atoms. The van der Waals surface area contributed by atoms with Crippen LogP contribution in [0.15, 0.2) is 84.6 Å². The molecular formula is C29H26O4. The Bertz CT molecular complexity index is 1260. The average Bonchev–Trinajstić information content (AvgIpc) is 3.09. The molecule has 0 unspecified atom stereocenters. The third-order valence-electron chi connectivity index (χ3n) is 5.48. The van der Waals surface area contributed by atoms with Crippen LogP contribution in [-0.2, 0) is 5.41 Å². The van der Waals surface area contributed by atoms with E-state index < -0.39 is 5.97 Å². The predicted octanol–water partition coefficient (Wildman–Crippen LogP) is 6.68. The minimum Gasteiger partial charge on any atom is -0.452 e. The molecule has 4 rings (SSSR count). The maximum Gasteiger partial charge on any atom is 0.343 e. The number of carbonyl (C=O) groups excluding carboxylic acids is 2. The van der Waals surface area contributed by atoms with Gasteiger partial charge in [-0.05, 0) is 53.3 Å². The molecule has 3 aromatic rings. The number of benzene rings is 3. The fourth-order valence-electron chi connectivity index (χ4n) is 3.63. The summed E-state index contributed by atoms with van der Waals surface area (Å²) in [6.45, 7) is 8.16. The highest BCUT2D eigenvalue weighted by molar-refractivity contribution is 6.13. The van der Waals surface area contributed by atoms with E-state index in [0.29, 0.717) is 28.2 Å². The van der Waals surface area contributed by atoms with Crippen LogP contribution in [0.1, 0.15) is 58.2 Å². The highest BCUT2D eigenvalue weighted by atomic mass is 16.5. The zero-order chi connectivity index (χ0) is 23.6. The van der Waals surface area contributed by atoms with Crippen LogP contribution in [0.3, 0.4) is 0 Å². The lowest BCUT2D eigenvalue weighted by atomic mass is 9.87. The molecule has 0 aromatic heterocycles. The molecule has 4 heteroatoms. The maximum atomic E-state index is 12.8. The largest absolute Gasteiger partial charge is 0.452 e. The van der Waals surface area contributed by atoms with Gasteiger partial charge in [0.2, 0.25) is 5.78 Å². The Labute approximate surface area is 194 Å². The van der Waals surface area contributed by atoms with E-state index in [1.165, 1.54) is 0 Å². The first-order chi connectivity index (χ1) is 15.7. The second kappa shape index (κ2) is 8.91. The molecule has 1 heterocycles. The Balaban J connectivity index is 1.51. The molecule has 4 nitrogen and oxygen atoms in total. The zero-order valence-corrected chi connectivity index (χ0v) is 19.2. The fraction of sp³-hybridized carbons (Fsp3) is 0.172. The van der Waals surface area contributed by atoms with E-state index in [1.54, 1.807) is 43.3 Å². The first kappa shape index (κ1) is 22.3. The lowest BCUT2D eigenvalue weighted by Crippen LogP contribution is -2.13. The molecule has 33 heavy (non-hydrogen) atoms. The van der Waals surface area contributed by atoms with E-state index in [2.05, 4.69) is 20.8 Å². The van der Waals surface area contributed by atoms with Crippen LogP contribution in [0.2, 0.25) is 0 Å². The van der Waals surface area contributed by atoms with Gasteiger partial charge in [-0.3, -0.25) is 4.79 Å². The molecule has 0 saturated carbocycles. The van der Waals surface area contributed by atoms with Crippen LogP contribution in [0, 0.1) is 6.92 Å². The van der Waals surface area contributed by atoms with Gasteiger partial charge in [-0.15, -0.1) is 0 Å². The number of hydrogen-bond acceptors (Lipinski definition) is 4. The van der Waals surface area contributed by atoms with E-state index in [-0.39, 0.29) is 17.0 Å². The predicted molar refractivity (Wildman–Crippen MR) is 130 cm³/mol. The zero-order valence-electron chi connectivity index (χ0n) is 19.2. The summed E-state index contributed by atoms with van der Waals surface area (Å²) in [5.74, 6) is 0.327. The summed E-state index contributed by atoms with van der Waals surface area (Å²) in [7, 11) is 0. The van der Waals surface area contributed by atoms with Crippen molar-refractivity contribution in [2.45, 2.75) is 33.1 Å². The molecule has 0 radical (unpaired) electrons. The van der Waals surface area contributed by atoms with Gasteiger partial charge in [0.25, 0.3) is 0 Å². The van der Waals surface area contributed by atoms with Crippen molar-refractivity contribution in [3.8, 4) is 11.5 Å². The molecule has 0 N–H and O–H groups in total. The molecule has 3 aromatic carbocycles. The van der Waals surface area contributed by atoms with Gasteiger partial charge >= 0.3 is 5.97 Å². The highest BCUT2D eigenvalue weighted by Crippen LogP contribution is 2.37. The number of ketones is 1. The van der Waals surface area contributed by atoms with Gasteiger partial charge < -0.3 is 9.47 Å². The van der Waals surface area contributed by atoms with Gasteiger partial charge in [0.1, 0.15) is 11.5 Å². The topological polar surface area (TPSA) is 52.6 Å². The van der Waals surface area contributed by atoms with Crippen molar-refractivity contribution >= 4 is 17.8 Å². The van der Waals surface area contributed by atoms with Gasteiger partial charge in [0, 0.05) is 6.07 Å². The van der Waals surface area contributed by atoms with Crippen molar-refractivity contribution in [2.75, 3.05) is 0 Å². The van der Waals surface area contributed by atoms with E-state index in [0.717, 1.165) is 11.1 Å². The van der Waals surface area contributed by atoms with Crippen molar-refractivity contribution in [1.29, 1.82) is 0 Å². The van der Waals surface area contributed by atoms with Crippen LogP contribution < -0.4 is 9.47 Å². The van der Waals surface area contributed by atoms with Gasteiger partial charge in [-0.2, -0.15) is 0 Å². The number of ether oxygens (including phenoxy) is 2. The van der Waals surface area contributed by atoms with Gasteiger partial charge in [-0.1, -0.05) is 75.4 Å². The fourth-order valence-corrected chi connectivity index (χ4v) is 3.63. The highest BCUT2D eigenvalue weighted by Gasteiger charge is 2.30. The molecule has 1 aliphatic heterocycles. The van der Waals surface area contributed by atoms with Crippen molar-refractivity contribution in [3.05, 3.63) is 112 Å². The Kier molecular flexibility index (Phi) is 6.01. The third kappa shape index (κ3) is 4.96. The Hall–Kier alpha value is -3.92. The second-order valence-electron chi connectivity index (χ2n) is 9.06. The molecule has 0 aliphatic carbocycles. The number of rotatable bonds is 4. The second-order valence-corrected chi connectivity index (χ2v) is 9.06. The lowest BCUT2D eigenvalue weighted by Gasteiger charge is -2.18. The summed E-state index contributed by atoms with van der Waals surface area (Å²) in [5.41, 5.74) is 3.82. The Morgan fingerprint density at radius 3 is 2.33 bits per heavy atom. The molecule has 166 valence electrons. The Morgan fingerprint density at radius 2 is 1.67 bits per heavy atom. The van der Waals surface area contributed by atoms with Crippen LogP contribution in [0.25, 0.3) is 6.08 Å². The molecule has 0 atom stereocenters. The normalized spacial score (nSPS) is 14.4. The summed E-state index contributed by atoms with van der Waals surface area (Å²) < 4.78 is 11.4. The van der Waals surface area contributed by atoms with Crippen molar-refractivity contribution in [1.82, 2.24) is 0 Å². The number of hydrogen-bond donors (Lipinski definition) is 0. The SMILES string of the molecule is Cc1cc(OC(=O)c2ccc(C(C)(C)C)cc2)cc2c1C(=O)/C(=C/C=C/c1ccccc1)O2. The number of allylic oxidation sites excluding steroid dienone is 3. The molecule has 0 saturated heterocycles. The minimum absolute atomic E-state index is 0.00488. The number of fused-ring (bicyclic) bond motifs is 1. The smallest absolute Gasteiger partial charge is 0.343 e. The quantitative estimate of drug-likeness (QED) is 0.259. The van der Waals surface area contributed by atoms with E-state index in [1.807, 2.05) is 48.5 Å². The standard InChI is InChI=1S/C29H26O4/c1-19-17-23(32-28(31)21-13-15-22(16-14-21)29(2,3)4)18-25-26(19)27(30)24(33-25)12-8-11-20-9-6-5-7-10-20/h5-18H,1-4H3/b11-8+,24-12-. The molecular weight excluding hydrogens is 412 g/mol. The maximum absolute atomic E-state index is 12.8. The molecule has 1 aliphatic rings. The van der Waals surface area contributed by atoms with Crippen molar-refractivity contribution in [2.24, 2.45) is 0 Å². The molecule has 0 fully saturated rings. The summed E-state index contributed by atoms with van der Waals surface area (Å²) in [5, 5.41) is 0. The van der Waals surface area contributed by atoms with Gasteiger partial charge in [0.15, 0.2) is 5.76 Å². The Morgan fingerprint density at radius 1 is 0.970 bits per heavy atom. The monoisotopic (exact) mass is 438 g/mol. The molecule has 0 amide bonds. The summed E-state index contributed by atoms with van der Waals surface area (Å²) >= 11 is 0. The van der Waals surface area contributed by atoms with Crippen LogP contribution in [0.4, 0.5) is 0 Å². The van der Waals surface area contributed by atoms with Crippen LogP contribution in [0.5, 0.6) is 11.5 Å². The first-order valence-electron chi connectivity index (χ1n) is 10.9. The number of Topliss-reactive ketones (excluding diaryl/α,β-unsaturated/α-hetero) is 1. The van der Waals surface area contributed by atoms with E-state index >= 15 is 0 Å². The van der Waals surface area contributed by atoms with Gasteiger partial charge in [-0.25, -0.2) is 4.79 Å². The average molecular weight is 439 g/mol. The number of aryl methyl sites for hydroxylation is 1. The minimum atomic E-state index is -0.458. The summed E-state index contributed by atoms with van der Waals surface area (Å²) in [6.07, 6.45) is 5.33. The number of carbonyl (C=O) groups is 2. The summed E-state index contributed by atoms with van der Waals surface area (Å²) in [6, 6.07) is 20.5. The van der Waals surface area contributed by atoms with Crippen LogP contribution in [-0.4, -0.2) is 11.8 Å². The summed E-state index contributed by atoms with van der Waals surface area (Å²) in [4.78, 5) is 25.4. The van der Waals surface area contributed by atoms with Crippen molar-refractivity contribution < 1.29 is 19.1 Å². The molecule has 0 bridgehead atoms. The first-order valence-corrected chi connectivity index (χ1v) is 10.9. The van der Waals surface area contributed by atoms with Crippen molar-refractivity contribution in [3.63, 3.8) is 0 Å². The lowest BCUT2D eigenvalue weighted by molar-refractivity contribution is 0.0734. The third-order valence-corrected chi connectivity index (χ3v) is 5.48. The van der Waals surface area contributed by atoms with Crippen LogP contribution >= 0.6 is 0 Å².